The van der Waals surface area contributed by atoms with Crippen LogP contribution in [0.15, 0.2) is 114 Å². The second kappa shape index (κ2) is 13.9. The largest absolute Gasteiger partial charge is 0.389 e. The predicted molar refractivity (Wildman–Crippen MR) is 192 cm³/mol. The predicted octanol–water partition coefficient (Wildman–Crippen LogP) is 10.2. The Hall–Kier alpha value is -3.44. The van der Waals surface area contributed by atoms with E-state index in [1.165, 1.54) is 51.4 Å². The first-order valence-electron chi connectivity index (χ1n) is 17.2. The van der Waals surface area contributed by atoms with Crippen molar-refractivity contribution in [3.05, 3.63) is 93.7 Å². The Balaban J connectivity index is 1.40. The molecule has 1 N–H and O–H groups in total. The lowest BCUT2D eigenvalue weighted by molar-refractivity contribution is -0.0373. The van der Waals surface area contributed by atoms with Crippen LogP contribution in [0.3, 0.4) is 0 Å². The van der Waals surface area contributed by atoms with Crippen molar-refractivity contribution in [1.29, 1.82) is 0 Å². The van der Waals surface area contributed by atoms with Gasteiger partial charge < -0.3 is 5.11 Å². The molecule has 5 heterocycles. The maximum atomic E-state index is 12.1. The van der Waals surface area contributed by atoms with Gasteiger partial charge in [0.1, 0.15) is 0 Å². The molecule has 5 aliphatic heterocycles. The lowest BCUT2D eigenvalue weighted by Crippen LogP contribution is -2.44. The molecular formula is C40H52N4O. The number of aliphatic imine (C=N–C) groups is 4. The summed E-state index contributed by atoms with van der Waals surface area (Å²) < 4.78 is 0. The maximum Gasteiger partial charge on any atom is 0.0727 e. The van der Waals surface area contributed by atoms with Crippen LogP contribution in [0.25, 0.3) is 0 Å². The molecule has 0 fully saturated rings. The molecule has 0 aromatic carbocycles. The van der Waals surface area contributed by atoms with Crippen LogP contribution in [-0.4, -0.2) is 33.6 Å². The van der Waals surface area contributed by atoms with Crippen molar-refractivity contribution in [2.45, 2.75) is 125 Å². The van der Waals surface area contributed by atoms with Gasteiger partial charge in [-0.1, -0.05) is 85.0 Å². The third-order valence-electron chi connectivity index (χ3n) is 10.3. The normalized spacial score (nSPS) is 20.5. The summed E-state index contributed by atoms with van der Waals surface area (Å²) in [7, 11) is 0. The molecular weight excluding hydrogens is 552 g/mol. The highest BCUT2D eigenvalue weighted by molar-refractivity contribution is 6.20. The zero-order valence-corrected chi connectivity index (χ0v) is 28.6. The first kappa shape index (κ1) is 32.9. The van der Waals surface area contributed by atoms with E-state index in [1.807, 2.05) is 43.4 Å². The van der Waals surface area contributed by atoms with Crippen molar-refractivity contribution < 1.29 is 5.11 Å². The van der Waals surface area contributed by atoms with Crippen LogP contribution in [0.4, 0.5) is 0 Å². The molecule has 0 spiro atoms. The van der Waals surface area contributed by atoms with Crippen molar-refractivity contribution in [2.75, 3.05) is 0 Å². The smallest absolute Gasteiger partial charge is 0.0727 e. The summed E-state index contributed by atoms with van der Waals surface area (Å²) in [5.74, 6) is 0. The molecule has 0 radical (unpaired) electrons. The van der Waals surface area contributed by atoms with Crippen molar-refractivity contribution in [1.82, 2.24) is 0 Å². The maximum absolute atomic E-state index is 12.1. The Labute approximate surface area is 271 Å². The van der Waals surface area contributed by atoms with Gasteiger partial charge in [-0.2, -0.15) is 0 Å². The van der Waals surface area contributed by atoms with Gasteiger partial charge in [0.25, 0.3) is 0 Å². The highest BCUT2D eigenvalue weighted by atomic mass is 16.3. The molecule has 45 heavy (non-hydrogen) atoms. The fourth-order valence-electron chi connectivity index (χ4n) is 6.66. The van der Waals surface area contributed by atoms with E-state index in [0.29, 0.717) is 0 Å². The van der Waals surface area contributed by atoms with Gasteiger partial charge >= 0.3 is 0 Å². The number of hydrogen-bond donors (Lipinski definition) is 1. The Morgan fingerprint density at radius 2 is 1.13 bits per heavy atom. The van der Waals surface area contributed by atoms with Gasteiger partial charge in [0.15, 0.2) is 0 Å². The summed E-state index contributed by atoms with van der Waals surface area (Å²) in [6.45, 7) is 15.0. The summed E-state index contributed by atoms with van der Waals surface area (Å²) in [6, 6.07) is 0. The number of unbranched alkanes of at least 4 members (excludes halogenated alkanes) is 9. The standard InChI is InChI=1S/C40H52N4O/c1-8-9-10-11-12-13-14-15-16-17-22-40(7,45)39(5,6)35-25-34-24-32-19-18-30(41-32)23-31-20-21-33(42-31)26-36-27(2)28(3)37(44-36)29(4)38(35)43-34/h18-21,23-26,45H,8-17,22H2,1-7H3. The van der Waals surface area contributed by atoms with Gasteiger partial charge in [0.2, 0.25) is 0 Å². The van der Waals surface area contributed by atoms with Crippen LogP contribution in [0.5, 0.6) is 0 Å². The molecule has 0 saturated heterocycles. The van der Waals surface area contributed by atoms with Crippen LogP contribution in [-0.2, 0) is 0 Å². The summed E-state index contributed by atoms with van der Waals surface area (Å²) in [5.41, 5.74) is 10.1. The molecule has 0 aliphatic carbocycles. The van der Waals surface area contributed by atoms with E-state index in [1.54, 1.807) is 0 Å². The number of allylic oxidation sites excluding steroid dienone is 11. The molecule has 1 atom stereocenters. The van der Waals surface area contributed by atoms with Crippen molar-refractivity contribution >= 4 is 22.8 Å². The van der Waals surface area contributed by atoms with E-state index in [4.69, 9.17) is 20.0 Å². The number of fused-ring (bicyclic) bond motifs is 4. The zero-order chi connectivity index (χ0) is 32.2. The molecule has 5 heteroatoms. The Bertz CT molecular complexity index is 1590. The van der Waals surface area contributed by atoms with Crippen LogP contribution in [0.1, 0.15) is 119 Å². The van der Waals surface area contributed by atoms with Crippen LogP contribution in [0.2, 0.25) is 0 Å². The fourth-order valence-corrected chi connectivity index (χ4v) is 6.66. The second-order valence-electron chi connectivity index (χ2n) is 14.0. The third kappa shape index (κ3) is 7.35. The van der Waals surface area contributed by atoms with Crippen molar-refractivity contribution in [2.24, 2.45) is 25.4 Å². The highest BCUT2D eigenvalue weighted by Gasteiger charge is 2.45. The topological polar surface area (TPSA) is 69.7 Å². The second-order valence-corrected chi connectivity index (χ2v) is 14.0. The molecule has 0 aromatic rings. The van der Waals surface area contributed by atoms with Crippen molar-refractivity contribution in [3.8, 4) is 0 Å². The SMILES string of the molecule is CCCCCCCCCCCCC(C)(O)C(C)(C)C1=CC2=CC3=NC(=CC4=NC(=CC5=NC(=C(C)C1=N2)C(C)=C5C)C=C4)C=C3. The lowest BCUT2D eigenvalue weighted by atomic mass is 9.66. The van der Waals surface area contributed by atoms with Gasteiger partial charge in [-0.05, 0) is 99.4 Å². The average Bonchev–Trinajstić information content (AvgIpc) is 3.79. The van der Waals surface area contributed by atoms with Crippen LogP contribution < -0.4 is 0 Å². The minimum absolute atomic E-state index is 0.539. The molecule has 0 saturated carbocycles. The Kier molecular flexibility index (Phi) is 10.2. The van der Waals surface area contributed by atoms with Gasteiger partial charge in [-0.3, -0.25) is 0 Å². The van der Waals surface area contributed by atoms with E-state index < -0.39 is 11.0 Å². The van der Waals surface area contributed by atoms with Gasteiger partial charge in [-0.25, -0.2) is 20.0 Å². The Morgan fingerprint density at radius 1 is 0.578 bits per heavy atom. The van der Waals surface area contributed by atoms with E-state index in [-0.39, 0.29) is 0 Å². The summed E-state index contributed by atoms with van der Waals surface area (Å²) >= 11 is 0. The van der Waals surface area contributed by atoms with Gasteiger partial charge in [0, 0.05) is 11.0 Å². The highest BCUT2D eigenvalue weighted by Crippen LogP contribution is 2.46. The fraction of sp³-hybridized carbons (Fsp3) is 0.500. The minimum Gasteiger partial charge on any atom is -0.389 e. The lowest BCUT2D eigenvalue weighted by Gasteiger charge is -2.42. The average molecular weight is 605 g/mol. The minimum atomic E-state index is -0.904. The third-order valence-corrected chi connectivity index (χ3v) is 10.3. The quantitative estimate of drug-likeness (QED) is 0.209. The molecule has 238 valence electrons. The summed E-state index contributed by atoms with van der Waals surface area (Å²) in [5, 5.41) is 12.1. The molecule has 5 aliphatic rings. The summed E-state index contributed by atoms with van der Waals surface area (Å²) in [4.78, 5) is 19.9. The van der Waals surface area contributed by atoms with E-state index >= 15 is 0 Å². The molecule has 5 nitrogen and oxygen atoms in total. The van der Waals surface area contributed by atoms with E-state index in [0.717, 1.165) is 87.2 Å². The molecule has 0 amide bonds. The van der Waals surface area contributed by atoms with Gasteiger partial charge in [0.05, 0.1) is 51.2 Å². The van der Waals surface area contributed by atoms with Crippen LogP contribution >= 0.6 is 0 Å². The Morgan fingerprint density at radius 3 is 1.76 bits per heavy atom. The summed E-state index contributed by atoms with van der Waals surface area (Å²) in [6.07, 6.45) is 29.9. The number of rotatable bonds is 13. The monoisotopic (exact) mass is 604 g/mol. The van der Waals surface area contributed by atoms with Crippen LogP contribution in [0, 0.1) is 5.41 Å². The molecule has 1 unspecified atom stereocenters. The van der Waals surface area contributed by atoms with E-state index in [2.05, 4.69) is 53.7 Å². The number of hydrogen-bond acceptors (Lipinski definition) is 5. The molecule has 8 bridgehead atoms. The number of nitrogens with zero attached hydrogens (tertiary/aromatic N) is 4. The van der Waals surface area contributed by atoms with E-state index in [9.17, 15) is 5.11 Å². The molecule has 0 aromatic heterocycles. The zero-order valence-electron chi connectivity index (χ0n) is 28.6. The molecule has 5 rings (SSSR count). The first-order chi connectivity index (χ1) is 21.5. The van der Waals surface area contributed by atoms with Gasteiger partial charge in [-0.15, -0.1) is 0 Å². The number of aliphatic hydroxyl groups is 1. The van der Waals surface area contributed by atoms with Crippen molar-refractivity contribution in [3.63, 3.8) is 0 Å². The first-order valence-corrected chi connectivity index (χ1v) is 17.2.